The second-order valence-electron chi connectivity index (χ2n) is 6.58. The van der Waals surface area contributed by atoms with Crippen molar-refractivity contribution < 1.29 is 19.8 Å². The molecule has 0 aromatic rings. The van der Waals surface area contributed by atoms with Crippen LogP contribution in [0.3, 0.4) is 0 Å². The summed E-state index contributed by atoms with van der Waals surface area (Å²) >= 11 is 0. The zero-order valence-electron chi connectivity index (χ0n) is 14.6. The fourth-order valence-electron chi connectivity index (χ4n) is 3.72. The van der Waals surface area contributed by atoms with Crippen molar-refractivity contribution in [2.45, 2.75) is 91.4 Å². The van der Waals surface area contributed by atoms with Gasteiger partial charge in [-0.3, -0.25) is 9.59 Å². The lowest BCUT2D eigenvalue weighted by Crippen LogP contribution is -2.23. The molecule has 0 fully saturated rings. The van der Waals surface area contributed by atoms with Gasteiger partial charge in [-0.05, 0) is 37.5 Å². The number of unbranched alkanes of at least 4 members (excludes halogenated alkanes) is 2. The van der Waals surface area contributed by atoms with Crippen LogP contribution in [0.25, 0.3) is 0 Å². The molecule has 4 nitrogen and oxygen atoms in total. The Balaban J connectivity index is 4.27. The molecule has 0 atom stereocenters. The first-order chi connectivity index (χ1) is 10.4. The minimum atomic E-state index is -1.24. The third-order valence-corrected chi connectivity index (χ3v) is 4.64. The molecule has 0 aliphatic heterocycles. The summed E-state index contributed by atoms with van der Waals surface area (Å²) in [5, 5.41) is 17.7. The Morgan fingerprint density at radius 3 is 1.59 bits per heavy atom. The Morgan fingerprint density at radius 2 is 1.23 bits per heavy atom. The molecule has 0 aliphatic carbocycles. The van der Waals surface area contributed by atoms with E-state index in [0.717, 1.165) is 12.8 Å². The van der Waals surface area contributed by atoms with E-state index < -0.39 is 17.9 Å². The van der Waals surface area contributed by atoms with Crippen LogP contribution in [0.1, 0.15) is 91.4 Å². The van der Waals surface area contributed by atoms with Crippen molar-refractivity contribution in [3.63, 3.8) is 0 Å². The topological polar surface area (TPSA) is 74.6 Å². The number of hydrogen-bond acceptors (Lipinski definition) is 2. The SMILES string of the molecule is CCCC(CCC)(CCC)CCCCCC(C(=O)O)C(=O)O. The zero-order valence-corrected chi connectivity index (χ0v) is 14.6. The second-order valence-corrected chi connectivity index (χ2v) is 6.58. The van der Waals surface area contributed by atoms with Crippen molar-refractivity contribution in [3.05, 3.63) is 0 Å². The van der Waals surface area contributed by atoms with Crippen molar-refractivity contribution in [1.29, 1.82) is 0 Å². The summed E-state index contributed by atoms with van der Waals surface area (Å²) in [6.45, 7) is 6.72. The average molecular weight is 314 g/mol. The van der Waals surface area contributed by atoms with E-state index in [-0.39, 0.29) is 6.42 Å². The minimum Gasteiger partial charge on any atom is -0.481 e. The molecule has 2 N–H and O–H groups in total. The average Bonchev–Trinajstić information content (AvgIpc) is 2.42. The Bertz CT molecular complexity index is 294. The van der Waals surface area contributed by atoms with E-state index in [2.05, 4.69) is 20.8 Å². The summed E-state index contributed by atoms with van der Waals surface area (Å²) in [4.78, 5) is 21.7. The van der Waals surface area contributed by atoms with Crippen LogP contribution in [0.15, 0.2) is 0 Å². The third-order valence-electron chi connectivity index (χ3n) is 4.64. The first-order valence-electron chi connectivity index (χ1n) is 8.88. The van der Waals surface area contributed by atoms with E-state index in [1.165, 1.54) is 44.9 Å². The Hall–Kier alpha value is -1.06. The maximum Gasteiger partial charge on any atom is 0.317 e. The van der Waals surface area contributed by atoms with Gasteiger partial charge in [0, 0.05) is 0 Å². The van der Waals surface area contributed by atoms with Gasteiger partial charge in [-0.2, -0.15) is 0 Å². The summed E-state index contributed by atoms with van der Waals surface area (Å²) in [6, 6.07) is 0. The highest BCUT2D eigenvalue weighted by Crippen LogP contribution is 2.40. The second kappa shape index (κ2) is 11.5. The lowest BCUT2D eigenvalue weighted by atomic mass is 9.72. The predicted molar refractivity (Wildman–Crippen MR) is 89.0 cm³/mol. The number of carboxylic acids is 2. The van der Waals surface area contributed by atoms with E-state index in [1.807, 2.05) is 0 Å². The molecule has 0 radical (unpaired) electrons. The third kappa shape index (κ3) is 7.81. The van der Waals surface area contributed by atoms with E-state index in [1.54, 1.807) is 0 Å². The van der Waals surface area contributed by atoms with E-state index in [4.69, 9.17) is 10.2 Å². The van der Waals surface area contributed by atoms with Gasteiger partial charge < -0.3 is 10.2 Å². The molecular weight excluding hydrogens is 280 g/mol. The van der Waals surface area contributed by atoms with Gasteiger partial charge >= 0.3 is 11.9 Å². The van der Waals surface area contributed by atoms with Crippen molar-refractivity contribution in [1.82, 2.24) is 0 Å². The molecule has 0 rings (SSSR count). The van der Waals surface area contributed by atoms with Crippen LogP contribution < -0.4 is 0 Å². The first kappa shape index (κ1) is 20.9. The van der Waals surface area contributed by atoms with Crippen LogP contribution in [0, 0.1) is 11.3 Å². The van der Waals surface area contributed by atoms with Crippen molar-refractivity contribution in [3.8, 4) is 0 Å². The molecule has 0 unspecified atom stereocenters. The molecular formula is C18H34O4. The zero-order chi connectivity index (χ0) is 17.0. The van der Waals surface area contributed by atoms with Gasteiger partial charge in [0.2, 0.25) is 0 Å². The van der Waals surface area contributed by atoms with Crippen LogP contribution in [0.2, 0.25) is 0 Å². The summed E-state index contributed by atoms with van der Waals surface area (Å²) in [7, 11) is 0. The molecule has 0 saturated heterocycles. The van der Waals surface area contributed by atoms with Crippen molar-refractivity contribution in [2.24, 2.45) is 11.3 Å². The van der Waals surface area contributed by atoms with Gasteiger partial charge in [-0.1, -0.05) is 59.3 Å². The van der Waals surface area contributed by atoms with Crippen LogP contribution in [0.5, 0.6) is 0 Å². The largest absolute Gasteiger partial charge is 0.481 e. The van der Waals surface area contributed by atoms with Gasteiger partial charge in [-0.25, -0.2) is 0 Å². The molecule has 0 bridgehead atoms. The van der Waals surface area contributed by atoms with Crippen molar-refractivity contribution in [2.75, 3.05) is 0 Å². The van der Waals surface area contributed by atoms with Crippen LogP contribution in [-0.4, -0.2) is 22.2 Å². The summed E-state index contributed by atoms with van der Waals surface area (Å²) in [6.07, 6.45) is 11.5. The molecule has 130 valence electrons. The van der Waals surface area contributed by atoms with Gasteiger partial charge in [0.05, 0.1) is 0 Å². The van der Waals surface area contributed by atoms with E-state index >= 15 is 0 Å². The lowest BCUT2D eigenvalue weighted by molar-refractivity contribution is -0.154. The highest BCUT2D eigenvalue weighted by Gasteiger charge is 2.27. The molecule has 0 spiro atoms. The molecule has 4 heteroatoms. The lowest BCUT2D eigenvalue weighted by Gasteiger charge is -2.34. The summed E-state index contributed by atoms with van der Waals surface area (Å²) in [5.74, 6) is -3.68. The fourth-order valence-corrected chi connectivity index (χ4v) is 3.72. The summed E-state index contributed by atoms with van der Waals surface area (Å²) in [5.41, 5.74) is 0.442. The quantitative estimate of drug-likeness (QED) is 0.345. The maximum atomic E-state index is 10.8. The number of hydrogen-bond donors (Lipinski definition) is 2. The number of aliphatic carboxylic acids is 2. The van der Waals surface area contributed by atoms with Gasteiger partial charge in [0.25, 0.3) is 0 Å². The molecule has 0 aromatic carbocycles. The Labute approximate surface area is 135 Å². The number of carbonyl (C=O) groups is 2. The molecule has 0 saturated carbocycles. The monoisotopic (exact) mass is 314 g/mol. The van der Waals surface area contributed by atoms with E-state index in [0.29, 0.717) is 11.8 Å². The standard InChI is InChI=1S/C18H34O4/c1-4-11-18(12-5-2,13-6-3)14-9-7-8-10-15(16(19)20)17(21)22/h15H,4-14H2,1-3H3,(H,19,20)(H,21,22). The molecule has 0 aliphatic rings. The van der Waals surface area contributed by atoms with Gasteiger partial charge in [-0.15, -0.1) is 0 Å². The molecule has 0 heterocycles. The molecule has 0 amide bonds. The fraction of sp³-hybridized carbons (Fsp3) is 0.889. The Kier molecular flexibility index (Phi) is 10.9. The normalized spacial score (nSPS) is 11.8. The van der Waals surface area contributed by atoms with Crippen molar-refractivity contribution >= 4 is 11.9 Å². The maximum absolute atomic E-state index is 10.8. The molecule has 0 aromatic heterocycles. The number of carboxylic acid groups (broad SMARTS) is 2. The van der Waals surface area contributed by atoms with Crippen LogP contribution >= 0.6 is 0 Å². The Morgan fingerprint density at radius 1 is 0.773 bits per heavy atom. The smallest absolute Gasteiger partial charge is 0.317 e. The summed E-state index contributed by atoms with van der Waals surface area (Å²) < 4.78 is 0. The van der Waals surface area contributed by atoms with E-state index in [9.17, 15) is 9.59 Å². The predicted octanol–water partition coefficient (Wildman–Crippen LogP) is 5.11. The van der Waals surface area contributed by atoms with Crippen LogP contribution in [0.4, 0.5) is 0 Å². The first-order valence-corrected chi connectivity index (χ1v) is 8.88. The van der Waals surface area contributed by atoms with Gasteiger partial charge in [0.1, 0.15) is 0 Å². The van der Waals surface area contributed by atoms with Crippen LogP contribution in [-0.2, 0) is 9.59 Å². The minimum absolute atomic E-state index is 0.243. The number of rotatable bonds is 14. The highest BCUT2D eigenvalue weighted by molar-refractivity contribution is 5.92. The molecule has 22 heavy (non-hydrogen) atoms. The van der Waals surface area contributed by atoms with Gasteiger partial charge in [0.15, 0.2) is 5.92 Å². The highest BCUT2D eigenvalue weighted by atomic mass is 16.4.